The highest BCUT2D eigenvalue weighted by molar-refractivity contribution is 7.89. The van der Waals surface area contributed by atoms with Crippen molar-refractivity contribution in [2.24, 2.45) is 0 Å². The highest BCUT2D eigenvalue weighted by Crippen LogP contribution is 2.30. The minimum atomic E-state index is -4.59. The third-order valence-electron chi connectivity index (χ3n) is 3.90. The topological polar surface area (TPSA) is 102 Å². The molecule has 0 bridgehead atoms. The Labute approximate surface area is 159 Å². The second-order valence-corrected chi connectivity index (χ2v) is 7.85. The fourth-order valence-electron chi connectivity index (χ4n) is 2.54. The number of rotatable bonds is 7. The summed E-state index contributed by atoms with van der Waals surface area (Å²) in [5.41, 5.74) is -0.179. The van der Waals surface area contributed by atoms with Crippen molar-refractivity contribution in [1.82, 2.24) is 9.62 Å². The number of hydrogen-bond acceptors (Lipinski definition) is 6. The van der Waals surface area contributed by atoms with E-state index in [-0.39, 0.29) is 16.2 Å². The van der Waals surface area contributed by atoms with Gasteiger partial charge in [-0.25, -0.2) is 13.2 Å². The van der Waals surface area contributed by atoms with Crippen molar-refractivity contribution < 1.29 is 40.7 Å². The van der Waals surface area contributed by atoms with Gasteiger partial charge in [0.05, 0.1) is 12.7 Å². The minimum Gasteiger partial charge on any atom is -0.495 e. The van der Waals surface area contributed by atoms with Crippen LogP contribution in [0, 0.1) is 0 Å². The van der Waals surface area contributed by atoms with Crippen molar-refractivity contribution in [1.29, 1.82) is 0 Å². The molecule has 1 aliphatic heterocycles. The molecule has 1 fully saturated rings. The molecular formula is C16H19F3N2O6S. The lowest BCUT2D eigenvalue weighted by Crippen LogP contribution is -2.36. The second kappa shape index (κ2) is 8.78. The van der Waals surface area contributed by atoms with Crippen LogP contribution in [0.4, 0.5) is 13.2 Å². The molecule has 2 rings (SSSR count). The molecule has 8 nitrogen and oxygen atoms in total. The Morgan fingerprint density at radius 3 is 2.43 bits per heavy atom. The Morgan fingerprint density at radius 2 is 1.86 bits per heavy atom. The third kappa shape index (κ3) is 5.58. The Bertz CT molecular complexity index is 835. The van der Waals surface area contributed by atoms with Crippen LogP contribution in [0.1, 0.15) is 23.2 Å². The van der Waals surface area contributed by atoms with E-state index < -0.39 is 41.2 Å². The molecule has 0 aromatic heterocycles. The lowest BCUT2D eigenvalue weighted by Gasteiger charge is -2.18. The first kappa shape index (κ1) is 22.0. The summed E-state index contributed by atoms with van der Waals surface area (Å²) >= 11 is 0. The molecule has 156 valence electrons. The maximum atomic E-state index is 12.8. The van der Waals surface area contributed by atoms with Gasteiger partial charge in [0.25, 0.3) is 5.91 Å². The fourth-order valence-corrected chi connectivity index (χ4v) is 4.24. The van der Waals surface area contributed by atoms with Gasteiger partial charge in [0.1, 0.15) is 17.2 Å². The molecule has 1 N–H and O–H groups in total. The van der Waals surface area contributed by atoms with E-state index >= 15 is 0 Å². The van der Waals surface area contributed by atoms with Gasteiger partial charge in [-0.1, -0.05) is 0 Å². The maximum absolute atomic E-state index is 12.8. The molecule has 1 aromatic carbocycles. The number of benzene rings is 1. The normalized spacial score (nSPS) is 15.3. The first-order valence-corrected chi connectivity index (χ1v) is 9.67. The molecule has 0 radical (unpaired) electrons. The number of esters is 1. The van der Waals surface area contributed by atoms with Gasteiger partial charge in [0.15, 0.2) is 6.61 Å². The number of amides is 1. The van der Waals surface area contributed by atoms with E-state index in [9.17, 15) is 31.2 Å². The monoisotopic (exact) mass is 424 g/mol. The molecule has 1 amide bonds. The smallest absolute Gasteiger partial charge is 0.405 e. The summed E-state index contributed by atoms with van der Waals surface area (Å²) in [6, 6.07) is 3.56. The summed E-state index contributed by atoms with van der Waals surface area (Å²) in [5.74, 6) is -2.15. The van der Waals surface area contributed by atoms with E-state index in [1.807, 2.05) is 0 Å². The summed E-state index contributed by atoms with van der Waals surface area (Å²) < 4.78 is 72.6. The van der Waals surface area contributed by atoms with E-state index in [0.717, 1.165) is 18.9 Å². The summed E-state index contributed by atoms with van der Waals surface area (Å²) in [4.78, 5) is 23.2. The zero-order valence-corrected chi connectivity index (χ0v) is 15.7. The van der Waals surface area contributed by atoms with Crippen LogP contribution in [0.5, 0.6) is 5.75 Å². The number of alkyl halides is 3. The molecule has 1 aliphatic rings. The van der Waals surface area contributed by atoms with E-state index in [4.69, 9.17) is 4.74 Å². The number of halogens is 3. The van der Waals surface area contributed by atoms with E-state index in [0.29, 0.717) is 13.1 Å². The van der Waals surface area contributed by atoms with E-state index in [1.165, 1.54) is 23.5 Å². The molecular weight excluding hydrogens is 405 g/mol. The Morgan fingerprint density at radius 1 is 1.21 bits per heavy atom. The largest absolute Gasteiger partial charge is 0.495 e. The highest BCUT2D eigenvalue weighted by atomic mass is 32.2. The summed E-state index contributed by atoms with van der Waals surface area (Å²) in [6.07, 6.45) is -3.15. The van der Waals surface area contributed by atoms with Gasteiger partial charge >= 0.3 is 12.1 Å². The van der Waals surface area contributed by atoms with Gasteiger partial charge in [0.2, 0.25) is 10.0 Å². The van der Waals surface area contributed by atoms with Crippen molar-refractivity contribution in [3.05, 3.63) is 23.8 Å². The molecule has 28 heavy (non-hydrogen) atoms. The second-order valence-electron chi connectivity index (χ2n) is 5.94. The molecule has 1 aromatic rings. The first-order valence-electron chi connectivity index (χ1n) is 8.23. The Hall–Kier alpha value is -2.34. The van der Waals surface area contributed by atoms with Gasteiger partial charge in [-0.3, -0.25) is 4.79 Å². The van der Waals surface area contributed by atoms with Gasteiger partial charge in [-0.15, -0.1) is 0 Å². The number of carbonyl (C=O) groups excluding carboxylic acids is 2. The molecule has 0 unspecified atom stereocenters. The van der Waals surface area contributed by atoms with Gasteiger partial charge in [-0.2, -0.15) is 17.5 Å². The average Bonchev–Trinajstić information content (AvgIpc) is 3.19. The SMILES string of the molecule is COc1ccc(C(=O)OCC(=O)NCC(F)(F)F)cc1S(=O)(=O)N1CCCC1. The zero-order valence-electron chi connectivity index (χ0n) is 14.9. The lowest BCUT2D eigenvalue weighted by atomic mass is 10.2. The van der Waals surface area contributed by atoms with Crippen LogP contribution in [-0.2, 0) is 19.6 Å². The van der Waals surface area contributed by atoms with Crippen LogP contribution in [0.15, 0.2) is 23.1 Å². The number of nitrogens with one attached hydrogen (secondary N) is 1. The average molecular weight is 424 g/mol. The quantitative estimate of drug-likeness (QED) is 0.663. The van der Waals surface area contributed by atoms with Gasteiger partial charge in [0, 0.05) is 13.1 Å². The number of methoxy groups -OCH3 is 1. The molecule has 0 saturated carbocycles. The minimum absolute atomic E-state index is 0.0337. The van der Waals surface area contributed by atoms with Crippen LogP contribution in [0.25, 0.3) is 0 Å². The third-order valence-corrected chi connectivity index (χ3v) is 5.82. The standard InChI is InChI=1S/C16H19F3N2O6S/c1-26-12-5-4-11(8-13(12)28(24,25)21-6-2-3-7-21)15(23)27-9-14(22)20-10-16(17,18)19/h4-5,8H,2-3,6-7,9-10H2,1H3,(H,20,22). The molecule has 0 atom stereocenters. The molecule has 1 heterocycles. The zero-order chi connectivity index (χ0) is 20.9. The summed E-state index contributed by atoms with van der Waals surface area (Å²) in [7, 11) is -2.62. The van der Waals surface area contributed by atoms with Gasteiger partial charge < -0.3 is 14.8 Å². The van der Waals surface area contributed by atoms with Crippen LogP contribution in [0.2, 0.25) is 0 Å². The number of nitrogens with zero attached hydrogens (tertiary/aromatic N) is 1. The van der Waals surface area contributed by atoms with Crippen LogP contribution >= 0.6 is 0 Å². The van der Waals surface area contributed by atoms with Crippen LogP contribution in [0.3, 0.4) is 0 Å². The predicted molar refractivity (Wildman–Crippen MR) is 90.3 cm³/mol. The maximum Gasteiger partial charge on any atom is 0.405 e. The van der Waals surface area contributed by atoms with Crippen molar-refractivity contribution >= 4 is 21.9 Å². The van der Waals surface area contributed by atoms with Crippen LogP contribution in [-0.4, -0.2) is 64.1 Å². The molecule has 12 heteroatoms. The number of carbonyl (C=O) groups is 2. The van der Waals surface area contributed by atoms with E-state index in [2.05, 4.69) is 4.74 Å². The Kier molecular flexibility index (Phi) is 6.88. The lowest BCUT2D eigenvalue weighted by molar-refractivity contribution is -0.140. The summed E-state index contributed by atoms with van der Waals surface area (Å²) in [5, 5.41) is 1.56. The highest BCUT2D eigenvalue weighted by Gasteiger charge is 2.31. The van der Waals surface area contributed by atoms with Crippen molar-refractivity contribution in [3.63, 3.8) is 0 Å². The first-order chi connectivity index (χ1) is 13.0. The number of ether oxygens (including phenoxy) is 2. The molecule has 0 aliphatic carbocycles. The molecule has 0 spiro atoms. The summed E-state index contributed by atoms with van der Waals surface area (Å²) in [6.45, 7) is -1.79. The van der Waals surface area contributed by atoms with Crippen molar-refractivity contribution in [2.75, 3.05) is 33.4 Å². The number of hydrogen-bond donors (Lipinski definition) is 1. The molecule has 1 saturated heterocycles. The van der Waals surface area contributed by atoms with Crippen molar-refractivity contribution in [3.8, 4) is 5.75 Å². The number of sulfonamides is 1. The fraction of sp³-hybridized carbons (Fsp3) is 0.500. The van der Waals surface area contributed by atoms with Crippen LogP contribution < -0.4 is 10.1 Å². The van der Waals surface area contributed by atoms with Crippen molar-refractivity contribution in [2.45, 2.75) is 23.9 Å². The predicted octanol–water partition coefficient (Wildman–Crippen LogP) is 1.31. The Balaban J connectivity index is 2.11. The van der Waals surface area contributed by atoms with Gasteiger partial charge in [-0.05, 0) is 31.0 Å². The van der Waals surface area contributed by atoms with E-state index in [1.54, 1.807) is 5.32 Å².